The van der Waals surface area contributed by atoms with E-state index in [0.717, 1.165) is 6.07 Å². The number of ether oxygens (including phenoxy) is 1. The predicted molar refractivity (Wildman–Crippen MR) is 83.7 cm³/mol. The molecule has 7 nitrogen and oxygen atoms in total. The third-order valence-corrected chi connectivity index (χ3v) is 4.22. The molecule has 0 aromatic heterocycles. The highest BCUT2D eigenvalue weighted by molar-refractivity contribution is 7.89. The van der Waals surface area contributed by atoms with E-state index in [1.54, 1.807) is 0 Å². The lowest BCUT2D eigenvalue weighted by Crippen LogP contribution is -2.27. The van der Waals surface area contributed by atoms with Crippen LogP contribution in [0.3, 0.4) is 0 Å². The monoisotopic (exact) mass is 328 g/mol. The van der Waals surface area contributed by atoms with Crippen molar-refractivity contribution in [3.63, 3.8) is 0 Å². The summed E-state index contributed by atoms with van der Waals surface area (Å²) in [5.74, 6) is -1.20. The van der Waals surface area contributed by atoms with E-state index in [2.05, 4.69) is 16.6 Å². The Morgan fingerprint density at radius 1 is 1.50 bits per heavy atom. The number of rotatable bonds is 9. The number of carbonyl (C=O) groups is 1. The van der Waals surface area contributed by atoms with Crippen LogP contribution in [0.25, 0.3) is 0 Å². The third kappa shape index (κ3) is 4.83. The van der Waals surface area contributed by atoms with E-state index in [4.69, 9.17) is 9.84 Å². The number of carboxylic acid groups (broad SMARTS) is 1. The van der Waals surface area contributed by atoms with Gasteiger partial charge < -0.3 is 15.2 Å². The summed E-state index contributed by atoms with van der Waals surface area (Å²) in [6.45, 7) is 5.69. The minimum Gasteiger partial charge on any atom is -0.478 e. The van der Waals surface area contributed by atoms with Crippen molar-refractivity contribution in [1.82, 2.24) is 4.72 Å². The second kappa shape index (κ2) is 7.92. The molecular formula is C14H20N2O5S. The molecule has 1 unspecified atom stereocenters. The van der Waals surface area contributed by atoms with E-state index in [9.17, 15) is 13.2 Å². The molecule has 0 saturated heterocycles. The standard InChI is InChI=1S/C14H20N2O5S/c1-4-7-15-22(19,20)13-8-11(14(17)18)5-6-12(13)16-10(2)9-21-3/h4-6,8,10,15-16H,1,7,9H2,2-3H3,(H,17,18). The quantitative estimate of drug-likeness (QED) is 0.590. The molecule has 22 heavy (non-hydrogen) atoms. The van der Waals surface area contributed by atoms with Gasteiger partial charge in [-0.1, -0.05) is 6.08 Å². The molecule has 1 aromatic carbocycles. The zero-order chi connectivity index (χ0) is 16.8. The van der Waals surface area contributed by atoms with Gasteiger partial charge in [0.2, 0.25) is 10.0 Å². The number of carboxylic acids is 1. The molecule has 122 valence electrons. The van der Waals surface area contributed by atoms with Gasteiger partial charge in [0.25, 0.3) is 0 Å². The lowest BCUT2D eigenvalue weighted by atomic mass is 10.2. The molecule has 8 heteroatoms. The Morgan fingerprint density at radius 3 is 2.73 bits per heavy atom. The number of hydrogen-bond donors (Lipinski definition) is 3. The number of hydrogen-bond acceptors (Lipinski definition) is 5. The normalized spacial score (nSPS) is 12.6. The van der Waals surface area contributed by atoms with E-state index in [1.807, 2.05) is 6.92 Å². The van der Waals surface area contributed by atoms with Crippen LogP contribution in [-0.4, -0.2) is 45.8 Å². The Bertz CT molecular complexity index is 643. The topological polar surface area (TPSA) is 105 Å². The molecule has 0 saturated carbocycles. The van der Waals surface area contributed by atoms with Crippen LogP contribution in [-0.2, 0) is 14.8 Å². The highest BCUT2D eigenvalue weighted by Gasteiger charge is 2.21. The molecule has 0 aliphatic rings. The summed E-state index contributed by atoms with van der Waals surface area (Å²) < 4.78 is 31.9. The molecule has 0 heterocycles. The molecular weight excluding hydrogens is 308 g/mol. The van der Waals surface area contributed by atoms with Gasteiger partial charge in [-0.25, -0.2) is 17.9 Å². The largest absolute Gasteiger partial charge is 0.478 e. The van der Waals surface area contributed by atoms with Crippen LogP contribution in [0, 0.1) is 0 Å². The van der Waals surface area contributed by atoms with Crippen molar-refractivity contribution in [2.75, 3.05) is 25.6 Å². The molecule has 0 bridgehead atoms. The SMILES string of the molecule is C=CCNS(=O)(=O)c1cc(C(=O)O)ccc1NC(C)COC. The summed E-state index contributed by atoms with van der Waals surface area (Å²) in [5.41, 5.74) is 0.204. The van der Waals surface area contributed by atoms with Gasteiger partial charge in [-0.05, 0) is 25.1 Å². The van der Waals surface area contributed by atoms with E-state index in [1.165, 1.54) is 25.3 Å². The van der Waals surface area contributed by atoms with Gasteiger partial charge in [0, 0.05) is 19.7 Å². The first kappa shape index (κ1) is 18.1. The van der Waals surface area contributed by atoms with Gasteiger partial charge in [0.15, 0.2) is 0 Å². The first-order valence-corrected chi connectivity index (χ1v) is 8.03. The van der Waals surface area contributed by atoms with Gasteiger partial charge in [0.05, 0.1) is 17.9 Å². The van der Waals surface area contributed by atoms with Crippen LogP contribution >= 0.6 is 0 Å². The Morgan fingerprint density at radius 2 is 2.18 bits per heavy atom. The number of anilines is 1. The lowest BCUT2D eigenvalue weighted by Gasteiger charge is -2.18. The van der Waals surface area contributed by atoms with E-state index in [-0.39, 0.29) is 23.0 Å². The zero-order valence-electron chi connectivity index (χ0n) is 12.5. The van der Waals surface area contributed by atoms with Crippen molar-refractivity contribution in [2.24, 2.45) is 0 Å². The number of benzene rings is 1. The molecule has 0 aliphatic carbocycles. The summed E-state index contributed by atoms with van der Waals surface area (Å²) in [5, 5.41) is 12.0. The van der Waals surface area contributed by atoms with Gasteiger partial charge in [-0.2, -0.15) is 0 Å². The van der Waals surface area contributed by atoms with Gasteiger partial charge in [-0.15, -0.1) is 6.58 Å². The summed E-state index contributed by atoms with van der Waals surface area (Å²) in [7, 11) is -2.32. The highest BCUT2D eigenvalue weighted by atomic mass is 32.2. The maximum absolute atomic E-state index is 12.3. The molecule has 1 aromatic rings. The Labute approximate surface area is 130 Å². The van der Waals surface area contributed by atoms with Crippen LogP contribution in [0.1, 0.15) is 17.3 Å². The first-order chi connectivity index (χ1) is 10.3. The molecule has 0 aliphatic heterocycles. The minimum absolute atomic E-state index is 0.0483. The molecule has 1 atom stereocenters. The van der Waals surface area contributed by atoms with Crippen molar-refractivity contribution in [3.8, 4) is 0 Å². The predicted octanol–water partition coefficient (Wildman–Crippen LogP) is 1.30. The maximum Gasteiger partial charge on any atom is 0.335 e. The van der Waals surface area contributed by atoms with Crippen LogP contribution in [0.4, 0.5) is 5.69 Å². The average molecular weight is 328 g/mol. The van der Waals surface area contributed by atoms with Gasteiger partial charge >= 0.3 is 5.97 Å². The second-order valence-electron chi connectivity index (χ2n) is 4.66. The maximum atomic E-state index is 12.3. The number of methoxy groups -OCH3 is 1. The van der Waals surface area contributed by atoms with Crippen molar-refractivity contribution in [2.45, 2.75) is 17.9 Å². The number of aromatic carboxylic acids is 1. The molecule has 3 N–H and O–H groups in total. The fraction of sp³-hybridized carbons (Fsp3) is 0.357. The van der Waals surface area contributed by atoms with E-state index < -0.39 is 16.0 Å². The Kier molecular flexibility index (Phi) is 6.54. The lowest BCUT2D eigenvalue weighted by molar-refractivity contribution is 0.0696. The Balaban J connectivity index is 3.26. The molecule has 0 radical (unpaired) electrons. The second-order valence-corrected chi connectivity index (χ2v) is 6.39. The molecule has 0 spiro atoms. The van der Waals surface area contributed by atoms with Gasteiger partial charge in [-0.3, -0.25) is 0 Å². The summed E-state index contributed by atoms with van der Waals surface area (Å²) in [6, 6.07) is 3.75. The summed E-state index contributed by atoms with van der Waals surface area (Å²) >= 11 is 0. The summed E-state index contributed by atoms with van der Waals surface area (Å²) in [6.07, 6.45) is 1.40. The minimum atomic E-state index is -3.86. The third-order valence-electron chi connectivity index (χ3n) is 2.75. The fourth-order valence-electron chi connectivity index (χ4n) is 1.80. The average Bonchev–Trinajstić information content (AvgIpc) is 2.45. The van der Waals surface area contributed by atoms with E-state index in [0.29, 0.717) is 12.3 Å². The van der Waals surface area contributed by atoms with Crippen molar-refractivity contribution in [3.05, 3.63) is 36.4 Å². The first-order valence-electron chi connectivity index (χ1n) is 6.55. The van der Waals surface area contributed by atoms with Gasteiger partial charge in [0.1, 0.15) is 4.90 Å². The molecule has 1 rings (SSSR count). The number of nitrogens with one attached hydrogen (secondary N) is 2. The summed E-state index contributed by atoms with van der Waals surface area (Å²) in [4.78, 5) is 10.9. The molecule has 0 amide bonds. The smallest absolute Gasteiger partial charge is 0.335 e. The van der Waals surface area contributed by atoms with E-state index >= 15 is 0 Å². The highest BCUT2D eigenvalue weighted by Crippen LogP contribution is 2.23. The Hall–Kier alpha value is -1.90. The van der Waals surface area contributed by atoms with Crippen molar-refractivity contribution in [1.29, 1.82) is 0 Å². The zero-order valence-corrected chi connectivity index (χ0v) is 13.3. The van der Waals surface area contributed by atoms with Crippen LogP contribution < -0.4 is 10.0 Å². The van der Waals surface area contributed by atoms with Crippen LogP contribution in [0.15, 0.2) is 35.7 Å². The van der Waals surface area contributed by atoms with Crippen LogP contribution in [0.5, 0.6) is 0 Å². The van der Waals surface area contributed by atoms with Crippen molar-refractivity contribution < 1.29 is 23.1 Å². The number of sulfonamides is 1. The molecule has 0 fully saturated rings. The van der Waals surface area contributed by atoms with Crippen molar-refractivity contribution >= 4 is 21.7 Å². The fourth-order valence-corrected chi connectivity index (χ4v) is 2.99. The van der Waals surface area contributed by atoms with Crippen LogP contribution in [0.2, 0.25) is 0 Å².